The molecular weight excluding hydrogens is 166 g/mol. The van der Waals surface area contributed by atoms with Gasteiger partial charge in [-0.2, -0.15) is 5.26 Å². The second-order valence-electron chi connectivity index (χ2n) is 2.58. The minimum Gasteiger partial charge on any atom is -0.449 e. The fraction of sp³-hybridized carbons (Fsp3) is 0.200. The molecule has 0 aliphatic heterocycles. The van der Waals surface area contributed by atoms with Gasteiger partial charge >= 0.3 is 6.47 Å². The summed E-state index contributed by atoms with van der Waals surface area (Å²) >= 11 is 0. The van der Waals surface area contributed by atoms with Crippen LogP contribution in [0, 0.1) is 11.3 Å². The van der Waals surface area contributed by atoms with E-state index in [1.165, 1.54) is 6.47 Å². The maximum absolute atomic E-state index is 9.91. The van der Waals surface area contributed by atoms with Crippen molar-refractivity contribution in [1.29, 1.82) is 5.26 Å². The van der Waals surface area contributed by atoms with Crippen LogP contribution in [0.3, 0.4) is 0 Å². The second kappa shape index (κ2) is 4.27. The van der Waals surface area contributed by atoms with Crippen LogP contribution in [0.2, 0.25) is 0 Å². The Balaban J connectivity index is 2.80. The van der Waals surface area contributed by atoms with Gasteiger partial charge in [-0.3, -0.25) is 0 Å². The smallest absolute Gasteiger partial charge is 0.418 e. The quantitative estimate of drug-likeness (QED) is 0.700. The Hall–Kier alpha value is -1.82. The fourth-order valence-electron chi connectivity index (χ4n) is 0.969. The maximum Gasteiger partial charge on any atom is 0.418 e. The van der Waals surface area contributed by atoms with Crippen molar-refractivity contribution < 1.29 is 9.53 Å². The first kappa shape index (κ1) is 9.27. The first-order valence-corrected chi connectivity index (χ1v) is 3.80. The number of benzene rings is 1. The highest BCUT2D eigenvalue weighted by Crippen LogP contribution is 2.15. The first-order chi connectivity index (χ1) is 6.27. The van der Waals surface area contributed by atoms with Crippen molar-refractivity contribution in [3.63, 3.8) is 0 Å². The summed E-state index contributed by atoms with van der Waals surface area (Å²) in [7, 11) is 0. The number of rotatable bonds is 3. The molecule has 1 radical (unpaired) electrons. The lowest BCUT2D eigenvalue weighted by Gasteiger charge is -2.07. The van der Waals surface area contributed by atoms with Gasteiger partial charge in [0.05, 0.1) is 11.6 Å². The van der Waals surface area contributed by atoms with E-state index in [0.29, 0.717) is 5.56 Å². The average Bonchev–Trinajstić information content (AvgIpc) is 2.18. The molecule has 0 heterocycles. The molecule has 1 atom stereocenters. The zero-order valence-corrected chi connectivity index (χ0v) is 7.15. The summed E-state index contributed by atoms with van der Waals surface area (Å²) in [5.41, 5.74) is 1.44. The summed E-state index contributed by atoms with van der Waals surface area (Å²) in [6.07, 6.45) is -0.315. The molecule has 3 nitrogen and oxygen atoms in total. The molecule has 0 aliphatic carbocycles. The molecule has 0 aliphatic rings. The number of hydrogen-bond donors (Lipinski definition) is 0. The molecule has 0 saturated heterocycles. The lowest BCUT2D eigenvalue weighted by molar-refractivity contribution is 0.198. The number of nitriles is 1. The lowest BCUT2D eigenvalue weighted by Crippen LogP contribution is -1.97. The lowest BCUT2D eigenvalue weighted by atomic mass is 10.1. The van der Waals surface area contributed by atoms with Gasteiger partial charge in [0.25, 0.3) is 0 Å². The third kappa shape index (κ3) is 2.31. The predicted molar refractivity (Wildman–Crippen MR) is 46.4 cm³/mol. The zero-order valence-electron chi connectivity index (χ0n) is 7.15. The Morgan fingerprint density at radius 1 is 1.38 bits per heavy atom. The molecule has 13 heavy (non-hydrogen) atoms. The van der Waals surface area contributed by atoms with Crippen LogP contribution in [0.1, 0.15) is 24.2 Å². The number of nitrogens with zero attached hydrogens (tertiary/aromatic N) is 1. The molecule has 1 aromatic rings. The van der Waals surface area contributed by atoms with E-state index >= 15 is 0 Å². The predicted octanol–water partition coefficient (Wildman–Crippen LogP) is 1.70. The maximum atomic E-state index is 9.91. The monoisotopic (exact) mass is 174 g/mol. The Labute approximate surface area is 76.6 Å². The standard InChI is InChI=1S/C10H8NO2/c1-8(13-7-12)10-4-2-9(6-11)3-5-10/h2-5,8H,1H3. The number of hydrogen-bond acceptors (Lipinski definition) is 3. The second-order valence-corrected chi connectivity index (χ2v) is 2.58. The van der Waals surface area contributed by atoms with Crippen LogP contribution in [0.4, 0.5) is 0 Å². The van der Waals surface area contributed by atoms with E-state index < -0.39 is 0 Å². The molecule has 1 aromatic carbocycles. The van der Waals surface area contributed by atoms with E-state index in [4.69, 9.17) is 5.26 Å². The van der Waals surface area contributed by atoms with Crippen LogP contribution < -0.4 is 0 Å². The summed E-state index contributed by atoms with van der Waals surface area (Å²) in [5.74, 6) is 0. The highest BCUT2D eigenvalue weighted by molar-refractivity contribution is 5.40. The Morgan fingerprint density at radius 2 is 2.00 bits per heavy atom. The van der Waals surface area contributed by atoms with Crippen molar-refractivity contribution in [1.82, 2.24) is 0 Å². The van der Waals surface area contributed by atoms with Crippen LogP contribution in [0.15, 0.2) is 24.3 Å². The average molecular weight is 174 g/mol. The fourth-order valence-corrected chi connectivity index (χ4v) is 0.969. The highest BCUT2D eigenvalue weighted by Gasteiger charge is 2.04. The van der Waals surface area contributed by atoms with Crippen LogP contribution >= 0.6 is 0 Å². The molecule has 0 amide bonds. The van der Waals surface area contributed by atoms with E-state index in [0.717, 1.165) is 5.56 Å². The van der Waals surface area contributed by atoms with Crippen molar-refractivity contribution >= 4 is 6.47 Å². The molecule has 0 saturated carbocycles. The van der Waals surface area contributed by atoms with Gasteiger partial charge in [-0.05, 0) is 24.6 Å². The minimum atomic E-state index is -0.315. The van der Waals surface area contributed by atoms with E-state index in [-0.39, 0.29) is 6.10 Å². The minimum absolute atomic E-state index is 0.315. The van der Waals surface area contributed by atoms with Crippen LogP contribution in [-0.2, 0) is 9.53 Å². The van der Waals surface area contributed by atoms with Gasteiger partial charge in [0.15, 0.2) is 0 Å². The molecule has 0 N–H and O–H groups in total. The molecular formula is C10H8NO2. The van der Waals surface area contributed by atoms with Gasteiger partial charge in [-0.15, -0.1) is 0 Å². The van der Waals surface area contributed by atoms with Crippen molar-refractivity contribution in [2.45, 2.75) is 13.0 Å². The summed E-state index contributed by atoms with van der Waals surface area (Å²) in [4.78, 5) is 9.91. The van der Waals surface area contributed by atoms with Crippen molar-refractivity contribution in [2.75, 3.05) is 0 Å². The van der Waals surface area contributed by atoms with Gasteiger partial charge in [0.1, 0.15) is 6.10 Å². The van der Waals surface area contributed by atoms with Crippen molar-refractivity contribution in [2.24, 2.45) is 0 Å². The van der Waals surface area contributed by atoms with Gasteiger partial charge in [-0.1, -0.05) is 12.1 Å². The van der Waals surface area contributed by atoms with Gasteiger partial charge in [0, 0.05) is 0 Å². The molecule has 0 fully saturated rings. The zero-order chi connectivity index (χ0) is 9.68. The number of carbonyl (C=O) groups excluding carboxylic acids is 1. The van der Waals surface area contributed by atoms with E-state index in [9.17, 15) is 4.79 Å². The molecule has 3 heteroatoms. The van der Waals surface area contributed by atoms with Crippen molar-refractivity contribution in [3.05, 3.63) is 35.4 Å². The molecule has 0 bridgehead atoms. The van der Waals surface area contributed by atoms with E-state index in [1.807, 2.05) is 6.07 Å². The molecule has 1 rings (SSSR count). The number of ether oxygens (including phenoxy) is 1. The normalized spacial score (nSPS) is 11.4. The SMILES string of the molecule is CC(O[C]=O)c1ccc(C#N)cc1. The van der Waals surface area contributed by atoms with Gasteiger partial charge in [-0.25, -0.2) is 4.79 Å². The third-order valence-electron chi connectivity index (χ3n) is 1.73. The van der Waals surface area contributed by atoms with Gasteiger partial charge in [0.2, 0.25) is 0 Å². The van der Waals surface area contributed by atoms with Crippen LogP contribution in [0.25, 0.3) is 0 Å². The van der Waals surface area contributed by atoms with E-state index in [2.05, 4.69) is 4.74 Å². The summed E-state index contributed by atoms with van der Waals surface area (Å²) in [5, 5.41) is 8.53. The summed E-state index contributed by atoms with van der Waals surface area (Å²) < 4.78 is 4.61. The summed E-state index contributed by atoms with van der Waals surface area (Å²) in [6, 6.07) is 8.87. The largest absolute Gasteiger partial charge is 0.449 e. The molecule has 1 unspecified atom stereocenters. The van der Waals surface area contributed by atoms with Crippen LogP contribution in [0.5, 0.6) is 0 Å². The molecule has 65 valence electrons. The van der Waals surface area contributed by atoms with Crippen LogP contribution in [-0.4, -0.2) is 6.47 Å². The van der Waals surface area contributed by atoms with E-state index in [1.54, 1.807) is 31.2 Å². The highest BCUT2D eigenvalue weighted by atomic mass is 16.5. The van der Waals surface area contributed by atoms with Crippen molar-refractivity contribution in [3.8, 4) is 6.07 Å². The first-order valence-electron chi connectivity index (χ1n) is 3.80. The topological polar surface area (TPSA) is 50.1 Å². The Bertz CT molecular complexity index is 324. The summed E-state index contributed by atoms with van der Waals surface area (Å²) in [6.45, 7) is 3.12. The third-order valence-corrected chi connectivity index (χ3v) is 1.73. The molecule has 0 aromatic heterocycles. The Kier molecular flexibility index (Phi) is 3.04. The molecule has 0 spiro atoms. The Morgan fingerprint density at radius 3 is 2.46 bits per heavy atom. The van der Waals surface area contributed by atoms with Gasteiger partial charge < -0.3 is 4.74 Å².